The van der Waals surface area contributed by atoms with Crippen molar-refractivity contribution in [2.45, 2.75) is 6.92 Å². The Morgan fingerprint density at radius 2 is 1.96 bits per heavy atom. The van der Waals surface area contributed by atoms with Gasteiger partial charge in [-0.1, -0.05) is 23.2 Å². The van der Waals surface area contributed by atoms with Gasteiger partial charge in [0.05, 0.1) is 12.0 Å². The van der Waals surface area contributed by atoms with Gasteiger partial charge in [0.2, 0.25) is 0 Å². The second-order valence-corrected chi connectivity index (χ2v) is 5.68. The van der Waals surface area contributed by atoms with E-state index in [2.05, 4.69) is 5.32 Å². The summed E-state index contributed by atoms with van der Waals surface area (Å²) in [7, 11) is 1.41. The molecule has 0 unspecified atom stereocenters. The summed E-state index contributed by atoms with van der Waals surface area (Å²) in [5, 5.41) is 13.5. The number of aryl methyl sites for hydroxylation is 1. The summed E-state index contributed by atoms with van der Waals surface area (Å²) >= 11 is 5.71. The molecule has 136 valence electrons. The Morgan fingerprint density at radius 1 is 1.23 bits per heavy atom. The van der Waals surface area contributed by atoms with Gasteiger partial charge >= 0.3 is 5.97 Å². The fraction of sp³-hybridized carbons (Fsp3) is 0.176. The number of methoxy groups -OCH3 is 1. The Hall–Kier alpha value is -3.13. The minimum Gasteiger partial charge on any atom is -0.496 e. The highest BCUT2D eigenvalue weighted by Crippen LogP contribution is 2.27. The van der Waals surface area contributed by atoms with Gasteiger partial charge in [0, 0.05) is 11.1 Å². The van der Waals surface area contributed by atoms with Gasteiger partial charge in [-0.25, -0.2) is 4.79 Å². The third-order valence-corrected chi connectivity index (χ3v) is 3.57. The molecule has 0 heterocycles. The lowest BCUT2D eigenvalue weighted by Crippen LogP contribution is -2.21. The van der Waals surface area contributed by atoms with Crippen LogP contribution in [0, 0.1) is 17.0 Å². The maximum Gasteiger partial charge on any atom is 0.342 e. The molecule has 0 aliphatic carbocycles. The Labute approximate surface area is 153 Å². The predicted octanol–water partition coefficient (Wildman–Crippen LogP) is 3.36. The molecule has 0 aliphatic rings. The van der Waals surface area contributed by atoms with Crippen molar-refractivity contribution in [2.24, 2.45) is 0 Å². The van der Waals surface area contributed by atoms with Crippen molar-refractivity contribution in [1.29, 1.82) is 0 Å². The largest absolute Gasteiger partial charge is 0.496 e. The van der Waals surface area contributed by atoms with Crippen LogP contribution in [0.15, 0.2) is 36.4 Å². The number of carbonyl (C=O) groups is 2. The summed E-state index contributed by atoms with van der Waals surface area (Å²) < 4.78 is 10.0. The average molecular weight is 379 g/mol. The van der Waals surface area contributed by atoms with Gasteiger partial charge in [0.1, 0.15) is 17.0 Å². The Balaban J connectivity index is 2.05. The van der Waals surface area contributed by atoms with Crippen LogP contribution in [0.2, 0.25) is 5.02 Å². The van der Waals surface area contributed by atoms with E-state index in [4.69, 9.17) is 21.1 Å². The molecular formula is C17H15ClN2O6. The summed E-state index contributed by atoms with van der Waals surface area (Å²) in [6.45, 7) is 1.18. The molecule has 2 aromatic carbocycles. The zero-order valence-electron chi connectivity index (χ0n) is 13.9. The van der Waals surface area contributed by atoms with E-state index in [-0.39, 0.29) is 22.0 Å². The molecule has 0 saturated heterocycles. The van der Waals surface area contributed by atoms with Crippen LogP contribution in [0.5, 0.6) is 5.75 Å². The number of carbonyl (C=O) groups excluding carboxylic acids is 2. The van der Waals surface area contributed by atoms with E-state index in [1.54, 1.807) is 25.1 Å². The van der Waals surface area contributed by atoms with Crippen molar-refractivity contribution >= 4 is 34.9 Å². The number of ether oxygens (including phenoxy) is 2. The first kappa shape index (κ1) is 19.2. The average Bonchev–Trinajstić information content (AvgIpc) is 2.61. The van der Waals surface area contributed by atoms with E-state index in [1.165, 1.54) is 19.2 Å². The summed E-state index contributed by atoms with van der Waals surface area (Å²) in [5.74, 6) is -1.16. The molecule has 1 amide bonds. The molecule has 0 bridgehead atoms. The van der Waals surface area contributed by atoms with Crippen molar-refractivity contribution in [3.8, 4) is 5.75 Å². The highest BCUT2D eigenvalue weighted by atomic mass is 35.5. The Morgan fingerprint density at radius 3 is 2.62 bits per heavy atom. The van der Waals surface area contributed by atoms with Crippen LogP contribution in [-0.4, -0.2) is 30.5 Å². The molecule has 26 heavy (non-hydrogen) atoms. The van der Waals surface area contributed by atoms with Gasteiger partial charge in [0.15, 0.2) is 6.61 Å². The second-order valence-electron chi connectivity index (χ2n) is 5.25. The van der Waals surface area contributed by atoms with Crippen molar-refractivity contribution in [1.82, 2.24) is 0 Å². The monoisotopic (exact) mass is 378 g/mol. The molecule has 0 saturated carbocycles. The zero-order valence-corrected chi connectivity index (χ0v) is 14.7. The SMILES string of the molecule is COc1ccc(C)cc1C(=O)OCC(=O)Nc1ccc(Cl)cc1[N+](=O)[O-]. The molecule has 8 nitrogen and oxygen atoms in total. The molecule has 2 aromatic rings. The molecule has 0 aromatic heterocycles. The summed E-state index contributed by atoms with van der Waals surface area (Å²) in [5.41, 5.74) is 0.586. The summed E-state index contributed by atoms with van der Waals surface area (Å²) in [4.78, 5) is 34.4. The van der Waals surface area contributed by atoms with E-state index < -0.39 is 23.4 Å². The molecule has 0 radical (unpaired) electrons. The molecule has 0 atom stereocenters. The molecule has 0 spiro atoms. The van der Waals surface area contributed by atoms with Gasteiger partial charge in [-0.15, -0.1) is 0 Å². The van der Waals surface area contributed by atoms with E-state index in [0.29, 0.717) is 5.75 Å². The van der Waals surface area contributed by atoms with Gasteiger partial charge in [0.25, 0.3) is 11.6 Å². The third kappa shape index (κ3) is 4.70. The standard InChI is InChI=1S/C17H15ClN2O6/c1-10-3-6-15(25-2)12(7-10)17(22)26-9-16(21)19-13-5-4-11(18)8-14(13)20(23)24/h3-8H,9H2,1-2H3,(H,19,21). The minimum atomic E-state index is -0.744. The van der Waals surface area contributed by atoms with E-state index in [9.17, 15) is 19.7 Å². The molecule has 0 fully saturated rings. The first-order chi connectivity index (χ1) is 12.3. The predicted molar refractivity (Wildman–Crippen MR) is 94.7 cm³/mol. The van der Waals surface area contributed by atoms with Gasteiger partial charge in [-0.2, -0.15) is 0 Å². The quantitative estimate of drug-likeness (QED) is 0.469. The van der Waals surface area contributed by atoms with Crippen LogP contribution in [0.25, 0.3) is 0 Å². The minimum absolute atomic E-state index is 0.0476. The summed E-state index contributed by atoms with van der Waals surface area (Å²) in [6, 6.07) is 8.76. The third-order valence-electron chi connectivity index (χ3n) is 3.34. The van der Waals surface area contributed by atoms with Crippen molar-refractivity contribution < 1.29 is 24.0 Å². The van der Waals surface area contributed by atoms with Gasteiger partial charge in [-0.3, -0.25) is 14.9 Å². The molecular weight excluding hydrogens is 364 g/mol. The molecule has 0 aliphatic heterocycles. The maximum absolute atomic E-state index is 12.1. The number of amides is 1. The Kier molecular flexibility index (Phi) is 6.13. The topological polar surface area (TPSA) is 108 Å². The van der Waals surface area contributed by atoms with Crippen LogP contribution < -0.4 is 10.1 Å². The molecule has 1 N–H and O–H groups in total. The van der Waals surface area contributed by atoms with Crippen molar-refractivity contribution in [3.63, 3.8) is 0 Å². The normalized spacial score (nSPS) is 10.1. The van der Waals surface area contributed by atoms with Crippen LogP contribution in [0.3, 0.4) is 0 Å². The number of benzene rings is 2. The molecule has 9 heteroatoms. The van der Waals surface area contributed by atoms with Gasteiger partial charge < -0.3 is 14.8 Å². The number of halogens is 1. The number of nitro groups is 1. The lowest BCUT2D eigenvalue weighted by molar-refractivity contribution is -0.383. The number of nitrogens with zero attached hydrogens (tertiary/aromatic N) is 1. The zero-order chi connectivity index (χ0) is 19.3. The highest BCUT2D eigenvalue weighted by molar-refractivity contribution is 6.31. The lowest BCUT2D eigenvalue weighted by Gasteiger charge is -2.10. The first-order valence-corrected chi connectivity index (χ1v) is 7.75. The number of nitrogens with one attached hydrogen (secondary N) is 1. The van der Waals surface area contributed by atoms with Crippen molar-refractivity contribution in [2.75, 3.05) is 19.0 Å². The maximum atomic E-state index is 12.1. The lowest BCUT2D eigenvalue weighted by atomic mass is 10.1. The number of rotatable bonds is 6. The number of hydrogen-bond donors (Lipinski definition) is 1. The fourth-order valence-corrected chi connectivity index (χ4v) is 2.30. The van der Waals surface area contributed by atoms with Gasteiger partial charge in [-0.05, 0) is 31.2 Å². The number of anilines is 1. The van der Waals surface area contributed by atoms with Crippen LogP contribution in [-0.2, 0) is 9.53 Å². The van der Waals surface area contributed by atoms with E-state index in [0.717, 1.165) is 11.6 Å². The van der Waals surface area contributed by atoms with E-state index in [1.807, 2.05) is 0 Å². The smallest absolute Gasteiger partial charge is 0.342 e. The van der Waals surface area contributed by atoms with Crippen molar-refractivity contribution in [3.05, 3.63) is 62.7 Å². The van der Waals surface area contributed by atoms with Crippen LogP contribution in [0.4, 0.5) is 11.4 Å². The Bertz CT molecular complexity index is 868. The number of esters is 1. The van der Waals surface area contributed by atoms with Crippen LogP contribution >= 0.6 is 11.6 Å². The molecule has 2 rings (SSSR count). The number of nitro benzene ring substituents is 1. The highest BCUT2D eigenvalue weighted by Gasteiger charge is 2.19. The second kappa shape index (κ2) is 8.30. The summed E-state index contributed by atoms with van der Waals surface area (Å²) in [6.07, 6.45) is 0. The number of hydrogen-bond acceptors (Lipinski definition) is 6. The van der Waals surface area contributed by atoms with E-state index >= 15 is 0 Å². The van der Waals surface area contributed by atoms with Crippen LogP contribution in [0.1, 0.15) is 15.9 Å². The first-order valence-electron chi connectivity index (χ1n) is 7.37. The fourth-order valence-electron chi connectivity index (χ4n) is 2.14.